The second-order valence-corrected chi connectivity index (χ2v) is 17.6. The summed E-state index contributed by atoms with van der Waals surface area (Å²) in [7, 11) is 1.43. The molecule has 0 spiro atoms. The van der Waals surface area contributed by atoms with Crippen LogP contribution in [0, 0.1) is 25.2 Å². The van der Waals surface area contributed by atoms with E-state index >= 15 is 0 Å². The average Bonchev–Trinajstić information content (AvgIpc) is 3.33. The first kappa shape index (κ1) is 52.2. The van der Waals surface area contributed by atoms with Crippen molar-refractivity contribution < 1.29 is 33.4 Å². The molecular formula is C51H66N12O7. The monoisotopic (exact) mass is 959 g/mol. The molecule has 10 N–H and O–H groups in total. The minimum Gasteiger partial charge on any atom is -0.492 e. The number of nitriles is 1. The number of fused-ring (bicyclic) bond motifs is 5. The molecule has 19 heteroatoms. The molecule has 19 nitrogen and oxygen atoms in total. The zero-order valence-electron chi connectivity index (χ0n) is 40.5. The first-order chi connectivity index (χ1) is 33.8. The summed E-state index contributed by atoms with van der Waals surface area (Å²) >= 11 is 0. The number of amides is 5. The Morgan fingerprint density at radius 1 is 0.843 bits per heavy atom. The number of anilines is 1. The predicted octanol–water partition coefficient (Wildman–Crippen LogP) is 2.71. The van der Waals surface area contributed by atoms with Crippen molar-refractivity contribution in [2.24, 2.45) is 17.2 Å². The molecule has 0 unspecified atom stereocenters. The lowest BCUT2D eigenvalue weighted by Gasteiger charge is -2.32. The quantitative estimate of drug-likeness (QED) is 0.0796. The van der Waals surface area contributed by atoms with Gasteiger partial charge in [-0.15, -0.1) is 0 Å². The fourth-order valence-corrected chi connectivity index (χ4v) is 8.86. The smallest absolute Gasteiger partial charge is 0.255 e. The first-order valence-corrected chi connectivity index (χ1v) is 23.9. The van der Waals surface area contributed by atoms with E-state index in [4.69, 9.17) is 36.6 Å². The highest BCUT2D eigenvalue weighted by molar-refractivity contribution is 6.00. The van der Waals surface area contributed by atoms with Crippen molar-refractivity contribution in [3.63, 3.8) is 0 Å². The summed E-state index contributed by atoms with van der Waals surface area (Å²) < 4.78 is 12.2. The number of rotatable bonds is 16. The molecule has 1 saturated heterocycles. The number of nitrogens with one attached hydrogen (secondary N) is 4. The molecule has 4 aromatic rings. The van der Waals surface area contributed by atoms with Crippen molar-refractivity contribution in [1.29, 1.82) is 5.26 Å². The number of nitrogens with zero attached hydrogens (tertiary/aromatic N) is 5. The van der Waals surface area contributed by atoms with Crippen LogP contribution in [0.5, 0.6) is 11.5 Å². The van der Waals surface area contributed by atoms with Crippen molar-refractivity contribution in [2.45, 2.75) is 89.9 Å². The Kier molecular flexibility index (Phi) is 18.6. The standard InChI is InChI=1S/C51H66N12O7/c1-31-44(32(2)58-46(57-31)35-11-14-37(15-12-35)63-24-8-6-5-7-9-25-63)49(66)60-40(18-19-52)51(68)62(4)45-36-13-17-43(70-27-22-55)39(30-36)38-28-34(10-16-42(38)69-26-21-54)29-41(48(65)56-23-20-53)61-47(64)33(3)59-50(45)67/h10-17,28,30,33,40-41,45H,5-9,18-19,21-27,29,52,54-55H2,1-4H3,(H,56,65)(H,59,67)(H,60,66)(H,61,64)/t33-,40-,41-,45-/m0/s1. The molecule has 2 aliphatic rings. The normalized spacial score (nSPS) is 17.8. The number of hydrogen-bond acceptors (Lipinski definition) is 14. The van der Waals surface area contributed by atoms with Gasteiger partial charge in [-0.2, -0.15) is 5.26 Å². The molecule has 2 aliphatic heterocycles. The summed E-state index contributed by atoms with van der Waals surface area (Å²) in [6.07, 6.45) is 6.08. The highest BCUT2D eigenvalue weighted by atomic mass is 16.5. The molecule has 4 bridgehead atoms. The third kappa shape index (κ3) is 12.9. The fourth-order valence-electron chi connectivity index (χ4n) is 8.86. The van der Waals surface area contributed by atoms with Crippen LogP contribution in [0.1, 0.15) is 84.4 Å². The fraction of sp³-hybridized carbons (Fsp3) is 0.451. The van der Waals surface area contributed by atoms with Gasteiger partial charge >= 0.3 is 0 Å². The molecule has 1 fully saturated rings. The number of aryl methyl sites for hydroxylation is 2. The SMILES string of the molecule is Cc1nc(-c2ccc(N3CCCCCCC3)cc2)nc(C)c1C(=O)N[C@@H](CCN)C(=O)N(C)[C@@H]1C(=O)N[C@@H](C)C(=O)N[C@H](C(=O)NCC#N)Cc2ccc(OCCN)c(c2)-c2cc1ccc2OCCN. The minimum atomic E-state index is -1.40. The molecule has 1 aromatic heterocycles. The molecule has 4 atom stereocenters. The van der Waals surface area contributed by atoms with E-state index in [1.54, 1.807) is 50.2 Å². The molecule has 0 aliphatic carbocycles. The van der Waals surface area contributed by atoms with Crippen LogP contribution in [0.3, 0.4) is 0 Å². The number of likely N-dealkylation sites (N-methyl/N-ethyl adjacent to an activating group) is 1. The van der Waals surface area contributed by atoms with Gasteiger partial charge in [0.2, 0.25) is 23.6 Å². The van der Waals surface area contributed by atoms with Crippen molar-refractivity contribution in [3.8, 4) is 40.1 Å². The second-order valence-electron chi connectivity index (χ2n) is 17.6. The third-order valence-electron chi connectivity index (χ3n) is 12.5. The van der Waals surface area contributed by atoms with Gasteiger partial charge in [-0.05, 0) is 106 Å². The lowest BCUT2D eigenvalue weighted by Crippen LogP contribution is -2.56. The topological polar surface area (TPSA) is 286 Å². The number of benzene rings is 3. The average molecular weight is 959 g/mol. The maximum Gasteiger partial charge on any atom is 0.255 e. The van der Waals surface area contributed by atoms with Crippen molar-refractivity contribution in [3.05, 3.63) is 88.7 Å². The number of aromatic nitrogens is 2. The third-order valence-corrected chi connectivity index (χ3v) is 12.5. The summed E-state index contributed by atoms with van der Waals surface area (Å²) in [5.41, 5.74) is 22.6. The maximum atomic E-state index is 14.8. The van der Waals surface area contributed by atoms with Crippen molar-refractivity contribution >= 4 is 35.2 Å². The summed E-state index contributed by atoms with van der Waals surface area (Å²) in [4.78, 5) is 83.9. The van der Waals surface area contributed by atoms with Crippen LogP contribution in [-0.2, 0) is 25.6 Å². The van der Waals surface area contributed by atoms with Crippen LogP contribution in [0.2, 0.25) is 0 Å². The van der Waals surface area contributed by atoms with Gasteiger partial charge in [0.05, 0.1) is 23.0 Å². The van der Waals surface area contributed by atoms with Crippen LogP contribution < -0.4 is 52.8 Å². The Hall–Kier alpha value is -7.14. The van der Waals surface area contributed by atoms with Gasteiger partial charge in [-0.1, -0.05) is 31.4 Å². The van der Waals surface area contributed by atoms with Gasteiger partial charge in [0.1, 0.15) is 55.4 Å². The van der Waals surface area contributed by atoms with Gasteiger partial charge in [-0.3, -0.25) is 24.0 Å². The molecule has 70 heavy (non-hydrogen) atoms. The molecule has 0 saturated carbocycles. The zero-order chi connectivity index (χ0) is 50.3. The highest BCUT2D eigenvalue weighted by Gasteiger charge is 2.36. The Labute approximate surface area is 409 Å². The van der Waals surface area contributed by atoms with Crippen LogP contribution in [0.25, 0.3) is 22.5 Å². The van der Waals surface area contributed by atoms with Crippen molar-refractivity contribution in [1.82, 2.24) is 36.1 Å². The molecule has 5 amide bonds. The summed E-state index contributed by atoms with van der Waals surface area (Å²) in [5.74, 6) is -2.08. The van der Waals surface area contributed by atoms with E-state index in [0.29, 0.717) is 51.0 Å². The second kappa shape index (κ2) is 24.9. The van der Waals surface area contributed by atoms with Crippen LogP contribution in [-0.4, -0.2) is 122 Å². The van der Waals surface area contributed by atoms with Gasteiger partial charge in [0, 0.05) is 62.0 Å². The van der Waals surface area contributed by atoms with Gasteiger partial charge in [-0.25, -0.2) is 9.97 Å². The van der Waals surface area contributed by atoms with Gasteiger partial charge < -0.3 is 57.7 Å². The molecule has 372 valence electrons. The summed E-state index contributed by atoms with van der Waals surface area (Å²) in [5, 5.41) is 20.0. The summed E-state index contributed by atoms with van der Waals surface area (Å²) in [6.45, 7) is 7.28. The number of hydrogen-bond donors (Lipinski definition) is 7. The van der Waals surface area contributed by atoms with Gasteiger partial charge in [0.15, 0.2) is 5.82 Å². The van der Waals surface area contributed by atoms with Crippen LogP contribution in [0.15, 0.2) is 60.7 Å². The van der Waals surface area contributed by atoms with Crippen molar-refractivity contribution in [2.75, 3.05) is 64.4 Å². The number of carbonyl (C=O) groups excluding carboxylic acids is 5. The van der Waals surface area contributed by atoms with E-state index in [-0.39, 0.29) is 57.8 Å². The number of nitrogens with two attached hydrogens (primary N) is 3. The molecule has 0 radical (unpaired) electrons. The highest BCUT2D eigenvalue weighted by Crippen LogP contribution is 2.40. The zero-order valence-corrected chi connectivity index (χ0v) is 40.5. The Morgan fingerprint density at radius 2 is 1.46 bits per heavy atom. The van der Waals surface area contributed by atoms with E-state index in [2.05, 4.69) is 38.3 Å². The lowest BCUT2D eigenvalue weighted by molar-refractivity contribution is -0.141. The van der Waals surface area contributed by atoms with E-state index in [1.165, 1.54) is 38.1 Å². The van der Waals surface area contributed by atoms with E-state index in [0.717, 1.165) is 37.2 Å². The van der Waals surface area contributed by atoms with E-state index < -0.39 is 53.7 Å². The minimum absolute atomic E-state index is 0.00176. The van der Waals surface area contributed by atoms with Crippen LogP contribution in [0.4, 0.5) is 5.69 Å². The Morgan fingerprint density at radius 3 is 2.07 bits per heavy atom. The molecule has 3 heterocycles. The number of ether oxygens (including phenoxy) is 2. The summed E-state index contributed by atoms with van der Waals surface area (Å²) in [6, 6.07) is 15.2. The number of carbonyl (C=O) groups is 5. The molecular weight excluding hydrogens is 893 g/mol. The van der Waals surface area contributed by atoms with Crippen LogP contribution >= 0.6 is 0 Å². The van der Waals surface area contributed by atoms with E-state index in [9.17, 15) is 29.2 Å². The molecule has 3 aromatic carbocycles. The maximum absolute atomic E-state index is 14.8. The largest absolute Gasteiger partial charge is 0.492 e. The first-order valence-electron chi connectivity index (χ1n) is 23.9. The lowest BCUT2D eigenvalue weighted by atomic mass is 9.93. The predicted molar refractivity (Wildman–Crippen MR) is 266 cm³/mol. The van der Waals surface area contributed by atoms with E-state index in [1.807, 2.05) is 18.2 Å². The molecule has 6 rings (SSSR count). The Bertz CT molecular complexity index is 2520. The Balaban J connectivity index is 1.34. The van der Waals surface area contributed by atoms with Gasteiger partial charge in [0.25, 0.3) is 5.91 Å².